The van der Waals surface area contributed by atoms with Gasteiger partial charge in [0.2, 0.25) is 0 Å². The van der Waals surface area contributed by atoms with Gasteiger partial charge < -0.3 is 0 Å². The minimum absolute atomic E-state index is 1.19. The molecule has 0 aliphatic rings. The molecule has 1 aromatic rings. The van der Waals surface area contributed by atoms with E-state index in [2.05, 4.69) is 59.0 Å². The Labute approximate surface area is 131 Å². The third kappa shape index (κ3) is 7.84. The van der Waals surface area contributed by atoms with Gasteiger partial charge in [0.05, 0.1) is 0 Å². The highest BCUT2D eigenvalue weighted by atomic mass is 79.9. The van der Waals surface area contributed by atoms with E-state index in [1.165, 1.54) is 60.3 Å². The number of hydrogen-bond acceptors (Lipinski definition) is 1. The summed E-state index contributed by atoms with van der Waals surface area (Å²) in [6.45, 7) is 4.40. The van der Waals surface area contributed by atoms with E-state index < -0.39 is 0 Å². The molecule has 1 aromatic carbocycles. The molecule has 0 N–H and O–H groups in total. The predicted octanol–water partition coefficient (Wildman–Crippen LogP) is 7.07. The summed E-state index contributed by atoms with van der Waals surface area (Å²) in [6.07, 6.45) is 9.36. The van der Waals surface area contributed by atoms with Gasteiger partial charge in [0.1, 0.15) is 0 Å². The SMILES string of the molecule is CCCCCCCC/C(=C/Br)Sc1ccc(C)cc1. The second-order valence-electron chi connectivity index (χ2n) is 5.01. The van der Waals surface area contributed by atoms with Crippen LogP contribution >= 0.6 is 27.7 Å². The number of allylic oxidation sites excluding steroid dienone is 1. The van der Waals surface area contributed by atoms with Crippen LogP contribution in [0.4, 0.5) is 0 Å². The first kappa shape index (κ1) is 16.8. The summed E-state index contributed by atoms with van der Waals surface area (Å²) in [5.74, 6) is 0. The van der Waals surface area contributed by atoms with Crippen molar-refractivity contribution in [1.82, 2.24) is 0 Å². The highest BCUT2D eigenvalue weighted by molar-refractivity contribution is 9.11. The average Bonchev–Trinajstić information content (AvgIpc) is 2.43. The fourth-order valence-corrected chi connectivity index (χ4v) is 3.34. The van der Waals surface area contributed by atoms with E-state index in [0.29, 0.717) is 0 Å². The Morgan fingerprint density at radius 3 is 2.32 bits per heavy atom. The van der Waals surface area contributed by atoms with Crippen molar-refractivity contribution in [2.75, 3.05) is 0 Å². The summed E-state index contributed by atoms with van der Waals surface area (Å²) >= 11 is 5.38. The number of aryl methyl sites for hydroxylation is 1. The lowest BCUT2D eigenvalue weighted by molar-refractivity contribution is 0.610. The smallest absolute Gasteiger partial charge is 0.0119 e. The molecule has 0 bridgehead atoms. The van der Waals surface area contributed by atoms with Crippen molar-refractivity contribution in [2.24, 2.45) is 0 Å². The van der Waals surface area contributed by atoms with Gasteiger partial charge in [-0.15, -0.1) is 0 Å². The van der Waals surface area contributed by atoms with Crippen LogP contribution in [0.15, 0.2) is 39.1 Å². The fraction of sp³-hybridized carbons (Fsp3) is 0.529. The van der Waals surface area contributed by atoms with Crippen molar-refractivity contribution >= 4 is 27.7 Å². The van der Waals surface area contributed by atoms with Crippen LogP contribution in [0.3, 0.4) is 0 Å². The van der Waals surface area contributed by atoms with Crippen molar-refractivity contribution < 1.29 is 0 Å². The van der Waals surface area contributed by atoms with E-state index in [4.69, 9.17) is 0 Å². The van der Waals surface area contributed by atoms with E-state index in [1.807, 2.05) is 11.8 Å². The molecule has 106 valence electrons. The largest absolute Gasteiger partial charge is 0.0940 e. The van der Waals surface area contributed by atoms with Gasteiger partial charge in [-0.05, 0) is 41.8 Å². The lowest BCUT2D eigenvalue weighted by Crippen LogP contribution is -1.82. The van der Waals surface area contributed by atoms with Gasteiger partial charge in [-0.2, -0.15) is 0 Å². The average molecular weight is 341 g/mol. The topological polar surface area (TPSA) is 0 Å². The fourth-order valence-electron chi connectivity index (χ4n) is 1.97. The van der Waals surface area contributed by atoms with Gasteiger partial charge in [0.25, 0.3) is 0 Å². The summed E-state index contributed by atoms with van der Waals surface area (Å²) < 4.78 is 0. The summed E-state index contributed by atoms with van der Waals surface area (Å²) in [7, 11) is 0. The van der Waals surface area contributed by atoms with E-state index in [1.54, 1.807) is 0 Å². The number of thioether (sulfide) groups is 1. The standard InChI is InChI=1S/C17H25BrS/c1-3-4-5-6-7-8-9-17(14-18)19-16-12-10-15(2)11-13-16/h10-14H,3-9H2,1-2H3/b17-14-. The Hall–Kier alpha value is -0.210. The van der Waals surface area contributed by atoms with Crippen LogP contribution in [0.5, 0.6) is 0 Å². The summed E-state index contributed by atoms with van der Waals surface area (Å²) in [5, 5.41) is 0. The molecule has 0 aliphatic carbocycles. The molecule has 0 heterocycles. The molecular weight excluding hydrogens is 316 g/mol. The maximum atomic E-state index is 3.50. The first-order valence-electron chi connectivity index (χ1n) is 7.30. The molecule has 0 amide bonds. The molecule has 0 aliphatic heterocycles. The maximum Gasteiger partial charge on any atom is 0.0119 e. The first-order chi connectivity index (χ1) is 9.26. The number of benzene rings is 1. The zero-order valence-corrected chi connectivity index (χ0v) is 14.5. The predicted molar refractivity (Wildman–Crippen MR) is 92.0 cm³/mol. The molecular formula is C17H25BrS. The molecule has 0 saturated carbocycles. The Balaban J connectivity index is 2.25. The van der Waals surface area contributed by atoms with Crippen LogP contribution in [-0.2, 0) is 0 Å². The van der Waals surface area contributed by atoms with Crippen molar-refractivity contribution in [1.29, 1.82) is 0 Å². The second-order valence-corrected chi connectivity index (χ2v) is 6.67. The van der Waals surface area contributed by atoms with Crippen LogP contribution < -0.4 is 0 Å². The Morgan fingerprint density at radius 2 is 1.68 bits per heavy atom. The number of halogens is 1. The molecule has 0 saturated heterocycles. The summed E-state index contributed by atoms with van der Waals surface area (Å²) in [4.78, 5) is 4.85. The molecule has 1 rings (SSSR count). The van der Waals surface area contributed by atoms with Gasteiger partial charge in [0, 0.05) is 4.90 Å². The third-order valence-corrected chi connectivity index (χ3v) is 5.12. The highest BCUT2D eigenvalue weighted by Crippen LogP contribution is 2.31. The summed E-state index contributed by atoms with van der Waals surface area (Å²) in [5.41, 5.74) is 1.32. The van der Waals surface area contributed by atoms with Gasteiger partial charge >= 0.3 is 0 Å². The molecule has 0 fully saturated rings. The Bertz CT molecular complexity index is 367. The minimum atomic E-state index is 1.19. The quantitative estimate of drug-likeness (QED) is 0.342. The van der Waals surface area contributed by atoms with Crippen LogP contribution in [0.25, 0.3) is 0 Å². The lowest BCUT2D eigenvalue weighted by atomic mass is 10.1. The Kier molecular flexibility index (Phi) is 9.36. The van der Waals surface area contributed by atoms with Crippen LogP contribution in [0, 0.1) is 6.92 Å². The molecule has 0 unspecified atom stereocenters. The Morgan fingerprint density at radius 1 is 1.05 bits per heavy atom. The normalized spacial score (nSPS) is 11.8. The van der Waals surface area contributed by atoms with Crippen molar-refractivity contribution in [3.05, 3.63) is 39.7 Å². The van der Waals surface area contributed by atoms with Gasteiger partial charge in [-0.25, -0.2) is 0 Å². The van der Waals surface area contributed by atoms with Crippen LogP contribution in [-0.4, -0.2) is 0 Å². The van der Waals surface area contributed by atoms with Gasteiger partial charge in [-0.1, -0.05) is 84.4 Å². The molecule has 0 aromatic heterocycles. The van der Waals surface area contributed by atoms with Crippen molar-refractivity contribution in [3.8, 4) is 0 Å². The summed E-state index contributed by atoms with van der Waals surface area (Å²) in [6, 6.07) is 8.77. The maximum absolute atomic E-state index is 3.50. The lowest BCUT2D eigenvalue weighted by Gasteiger charge is -2.07. The zero-order valence-electron chi connectivity index (χ0n) is 12.1. The molecule has 0 spiro atoms. The van der Waals surface area contributed by atoms with Crippen molar-refractivity contribution in [2.45, 2.75) is 63.7 Å². The number of unbranched alkanes of at least 4 members (excludes halogenated alkanes) is 5. The molecule has 0 nitrogen and oxygen atoms in total. The van der Waals surface area contributed by atoms with E-state index in [-0.39, 0.29) is 0 Å². The molecule has 0 radical (unpaired) electrons. The first-order valence-corrected chi connectivity index (χ1v) is 9.03. The second kappa shape index (κ2) is 10.6. The molecule has 19 heavy (non-hydrogen) atoms. The van der Waals surface area contributed by atoms with Gasteiger partial charge in [-0.3, -0.25) is 0 Å². The van der Waals surface area contributed by atoms with Crippen LogP contribution in [0.1, 0.15) is 57.4 Å². The highest BCUT2D eigenvalue weighted by Gasteiger charge is 2.01. The third-order valence-electron chi connectivity index (χ3n) is 3.17. The molecule has 2 heteroatoms. The van der Waals surface area contributed by atoms with E-state index in [0.717, 1.165) is 0 Å². The van der Waals surface area contributed by atoms with Gasteiger partial charge in [0.15, 0.2) is 0 Å². The zero-order chi connectivity index (χ0) is 13.9. The number of hydrogen-bond donors (Lipinski definition) is 0. The molecule has 0 atom stereocenters. The minimum Gasteiger partial charge on any atom is -0.0940 e. The van der Waals surface area contributed by atoms with Crippen LogP contribution in [0.2, 0.25) is 0 Å². The van der Waals surface area contributed by atoms with E-state index >= 15 is 0 Å². The number of rotatable bonds is 9. The van der Waals surface area contributed by atoms with Crippen molar-refractivity contribution in [3.63, 3.8) is 0 Å². The monoisotopic (exact) mass is 340 g/mol. The van der Waals surface area contributed by atoms with E-state index in [9.17, 15) is 0 Å².